The Morgan fingerprint density at radius 1 is 0.939 bits per heavy atom. The van der Waals surface area contributed by atoms with Gasteiger partial charge >= 0.3 is 12.2 Å². The van der Waals surface area contributed by atoms with Crippen molar-refractivity contribution in [1.29, 1.82) is 0 Å². The van der Waals surface area contributed by atoms with Crippen LogP contribution in [0, 0.1) is 13.8 Å². The first-order chi connectivity index (χ1) is 15.7. The smallest absolute Gasteiger partial charge is 0.353 e. The predicted octanol–water partition coefficient (Wildman–Crippen LogP) is 5.13. The van der Waals surface area contributed by atoms with Crippen LogP contribution >= 0.6 is 0 Å². The minimum Gasteiger partial charge on any atom is -0.353 e. The fourth-order valence-electron chi connectivity index (χ4n) is 3.66. The third kappa shape index (κ3) is 5.42. The van der Waals surface area contributed by atoms with Gasteiger partial charge in [-0.05, 0) is 32.0 Å². The Kier molecular flexibility index (Phi) is 6.22. The van der Waals surface area contributed by atoms with E-state index >= 15 is 0 Å². The standard InChI is InChI=1S/C24H24F3N5O/c1-16-6-8-18(9-7-16)22-28-17(2)14-21(30-22)31-10-12-32(13-11-31)23(33)29-20-5-3-4-19(15-20)24(25,26)27/h3-9,14-15H,10-13H2,1-2H3,(H,29,33). The summed E-state index contributed by atoms with van der Waals surface area (Å²) in [5.74, 6) is 1.44. The molecule has 1 aromatic heterocycles. The maximum atomic E-state index is 12.9. The second-order valence-corrected chi connectivity index (χ2v) is 8.04. The monoisotopic (exact) mass is 455 g/mol. The van der Waals surface area contributed by atoms with Crippen molar-refractivity contribution >= 4 is 17.5 Å². The Hall–Kier alpha value is -3.62. The number of nitrogens with one attached hydrogen (secondary N) is 1. The summed E-state index contributed by atoms with van der Waals surface area (Å²) in [7, 11) is 0. The van der Waals surface area contributed by atoms with E-state index in [2.05, 4.69) is 15.2 Å². The summed E-state index contributed by atoms with van der Waals surface area (Å²) in [5.41, 5.74) is 2.26. The van der Waals surface area contributed by atoms with Gasteiger partial charge < -0.3 is 15.1 Å². The van der Waals surface area contributed by atoms with Gasteiger partial charge in [-0.25, -0.2) is 14.8 Å². The maximum Gasteiger partial charge on any atom is 0.416 e. The van der Waals surface area contributed by atoms with Crippen LogP contribution < -0.4 is 10.2 Å². The number of carbonyl (C=O) groups is 1. The molecule has 4 rings (SSSR count). The third-order valence-electron chi connectivity index (χ3n) is 5.48. The van der Waals surface area contributed by atoms with Crippen LogP contribution in [0.4, 0.5) is 29.5 Å². The van der Waals surface area contributed by atoms with E-state index in [-0.39, 0.29) is 5.69 Å². The Bertz CT molecular complexity index is 1140. The highest BCUT2D eigenvalue weighted by Gasteiger charge is 2.31. The number of hydrogen-bond acceptors (Lipinski definition) is 4. The molecule has 0 saturated carbocycles. The lowest BCUT2D eigenvalue weighted by Crippen LogP contribution is -2.50. The second-order valence-electron chi connectivity index (χ2n) is 8.04. The zero-order valence-electron chi connectivity index (χ0n) is 18.4. The molecule has 0 radical (unpaired) electrons. The number of halogens is 3. The number of aromatic nitrogens is 2. The molecule has 1 fully saturated rings. The molecule has 2 amide bonds. The number of rotatable bonds is 3. The van der Waals surface area contributed by atoms with Crippen LogP contribution in [0.3, 0.4) is 0 Å². The van der Waals surface area contributed by atoms with E-state index in [0.29, 0.717) is 32.0 Å². The van der Waals surface area contributed by atoms with E-state index < -0.39 is 17.8 Å². The fourth-order valence-corrected chi connectivity index (χ4v) is 3.66. The Balaban J connectivity index is 1.41. The minimum absolute atomic E-state index is 0.117. The van der Waals surface area contributed by atoms with Gasteiger partial charge in [0.05, 0.1) is 5.56 Å². The number of hydrogen-bond donors (Lipinski definition) is 1. The molecule has 9 heteroatoms. The van der Waals surface area contributed by atoms with Crippen LogP contribution in [0.2, 0.25) is 0 Å². The van der Waals surface area contributed by atoms with Crippen LogP contribution in [-0.2, 0) is 6.18 Å². The Labute approximate surface area is 190 Å². The first-order valence-corrected chi connectivity index (χ1v) is 10.6. The number of piperazine rings is 1. The molecule has 2 aromatic carbocycles. The van der Waals surface area contributed by atoms with Gasteiger partial charge in [-0.1, -0.05) is 35.9 Å². The van der Waals surface area contributed by atoms with Gasteiger partial charge in [0, 0.05) is 49.2 Å². The summed E-state index contributed by atoms with van der Waals surface area (Å²) in [6, 6.07) is 14.1. The van der Waals surface area contributed by atoms with Crippen LogP contribution in [0.15, 0.2) is 54.6 Å². The summed E-state index contributed by atoms with van der Waals surface area (Å²) in [6.07, 6.45) is -4.46. The summed E-state index contributed by atoms with van der Waals surface area (Å²) >= 11 is 0. The minimum atomic E-state index is -4.46. The zero-order valence-corrected chi connectivity index (χ0v) is 18.4. The van der Waals surface area contributed by atoms with Gasteiger partial charge in [-0.15, -0.1) is 0 Å². The molecule has 3 aromatic rings. The summed E-state index contributed by atoms with van der Waals surface area (Å²) < 4.78 is 38.7. The van der Waals surface area contributed by atoms with Crippen LogP contribution in [0.25, 0.3) is 11.4 Å². The van der Waals surface area contributed by atoms with Crippen molar-refractivity contribution in [3.05, 3.63) is 71.4 Å². The topological polar surface area (TPSA) is 61.4 Å². The Morgan fingerprint density at radius 3 is 2.30 bits per heavy atom. The van der Waals surface area contributed by atoms with Crippen molar-refractivity contribution in [1.82, 2.24) is 14.9 Å². The molecular formula is C24H24F3N5O. The molecule has 0 spiro atoms. The molecule has 1 aliphatic rings. The van der Waals surface area contributed by atoms with Crippen LogP contribution in [-0.4, -0.2) is 47.1 Å². The number of carbonyl (C=O) groups excluding carboxylic acids is 1. The number of amides is 2. The van der Waals surface area contributed by atoms with Crippen LogP contribution in [0.5, 0.6) is 0 Å². The molecule has 0 aliphatic carbocycles. The highest BCUT2D eigenvalue weighted by Crippen LogP contribution is 2.30. The summed E-state index contributed by atoms with van der Waals surface area (Å²) in [5, 5.41) is 2.57. The molecule has 1 saturated heterocycles. The normalized spacial score (nSPS) is 14.3. The lowest BCUT2D eigenvalue weighted by Gasteiger charge is -2.35. The number of aryl methyl sites for hydroxylation is 2. The summed E-state index contributed by atoms with van der Waals surface area (Å²) in [4.78, 5) is 25.5. The van der Waals surface area contributed by atoms with E-state index in [0.717, 1.165) is 34.8 Å². The predicted molar refractivity (Wildman–Crippen MR) is 121 cm³/mol. The zero-order chi connectivity index (χ0) is 23.6. The van der Waals surface area contributed by atoms with E-state index in [1.165, 1.54) is 12.1 Å². The lowest BCUT2D eigenvalue weighted by atomic mass is 10.1. The van der Waals surface area contributed by atoms with E-state index in [4.69, 9.17) is 4.98 Å². The molecule has 1 N–H and O–H groups in total. The first-order valence-electron chi connectivity index (χ1n) is 10.6. The van der Waals surface area contributed by atoms with Gasteiger partial charge in [-0.3, -0.25) is 0 Å². The van der Waals surface area contributed by atoms with Gasteiger partial charge in [-0.2, -0.15) is 13.2 Å². The molecule has 6 nitrogen and oxygen atoms in total. The molecule has 0 bridgehead atoms. The SMILES string of the molecule is Cc1ccc(-c2nc(C)cc(N3CCN(C(=O)Nc4cccc(C(F)(F)F)c4)CC3)n2)cc1. The van der Waals surface area contributed by atoms with Crippen molar-refractivity contribution in [2.75, 3.05) is 36.4 Å². The summed E-state index contributed by atoms with van der Waals surface area (Å²) in [6.45, 7) is 5.90. The number of urea groups is 1. The van der Waals surface area contributed by atoms with Crippen molar-refractivity contribution in [3.8, 4) is 11.4 Å². The highest BCUT2D eigenvalue weighted by molar-refractivity contribution is 5.89. The molecule has 0 atom stereocenters. The van der Waals surface area contributed by atoms with E-state index in [9.17, 15) is 18.0 Å². The van der Waals surface area contributed by atoms with E-state index in [1.54, 1.807) is 4.90 Å². The highest BCUT2D eigenvalue weighted by atomic mass is 19.4. The van der Waals surface area contributed by atoms with Gasteiger partial charge in [0.2, 0.25) is 0 Å². The maximum absolute atomic E-state index is 12.9. The van der Waals surface area contributed by atoms with Crippen LogP contribution in [0.1, 0.15) is 16.8 Å². The number of alkyl halides is 3. The van der Waals surface area contributed by atoms with Crippen molar-refractivity contribution in [2.45, 2.75) is 20.0 Å². The molecule has 2 heterocycles. The quantitative estimate of drug-likeness (QED) is 0.595. The van der Waals surface area contributed by atoms with Gasteiger partial charge in [0.15, 0.2) is 5.82 Å². The number of anilines is 2. The molecule has 1 aliphatic heterocycles. The van der Waals surface area contributed by atoms with Gasteiger partial charge in [0.25, 0.3) is 0 Å². The number of benzene rings is 2. The first kappa shape index (κ1) is 22.6. The second kappa shape index (κ2) is 9.09. The average molecular weight is 455 g/mol. The average Bonchev–Trinajstić information content (AvgIpc) is 2.79. The lowest BCUT2D eigenvalue weighted by molar-refractivity contribution is -0.137. The number of nitrogens with zero attached hydrogens (tertiary/aromatic N) is 4. The van der Waals surface area contributed by atoms with Gasteiger partial charge in [0.1, 0.15) is 5.82 Å². The molecule has 0 unspecified atom stereocenters. The van der Waals surface area contributed by atoms with Crippen molar-refractivity contribution in [3.63, 3.8) is 0 Å². The molecule has 33 heavy (non-hydrogen) atoms. The third-order valence-corrected chi connectivity index (χ3v) is 5.48. The van der Waals surface area contributed by atoms with E-state index in [1.807, 2.05) is 44.2 Å². The Morgan fingerprint density at radius 2 is 1.64 bits per heavy atom. The van der Waals surface area contributed by atoms with Crippen molar-refractivity contribution in [2.24, 2.45) is 0 Å². The molecule has 172 valence electrons. The van der Waals surface area contributed by atoms with Crippen molar-refractivity contribution < 1.29 is 18.0 Å². The fraction of sp³-hybridized carbons (Fsp3) is 0.292. The largest absolute Gasteiger partial charge is 0.416 e. The molecular weight excluding hydrogens is 431 g/mol.